The molecule has 0 radical (unpaired) electrons. The van der Waals surface area contributed by atoms with Gasteiger partial charge in [0.15, 0.2) is 0 Å². The summed E-state index contributed by atoms with van der Waals surface area (Å²) in [5, 5.41) is 10.5. The van der Waals surface area contributed by atoms with Gasteiger partial charge in [0.05, 0.1) is 4.92 Å². The van der Waals surface area contributed by atoms with Crippen LogP contribution in [0.15, 0.2) is 24.3 Å². The van der Waals surface area contributed by atoms with E-state index in [0.29, 0.717) is 6.42 Å². The monoisotopic (exact) mass is 193 g/mol. The Morgan fingerprint density at radius 3 is 2.86 bits per heavy atom. The molecule has 1 atom stereocenters. The fraction of sp³-hybridized carbons (Fsp3) is 0.300. The molecule has 1 aromatic carbocycles. The summed E-state index contributed by atoms with van der Waals surface area (Å²) in [6.07, 6.45) is 1.21. The van der Waals surface area contributed by atoms with E-state index in [-0.39, 0.29) is 11.6 Å². The summed E-state index contributed by atoms with van der Waals surface area (Å²) in [6, 6.07) is 6.38. The lowest BCUT2D eigenvalue weighted by atomic mass is 9.98. The molecule has 1 aromatic rings. The van der Waals surface area contributed by atoms with E-state index in [1.165, 1.54) is 12.1 Å². The first kappa shape index (κ1) is 10.4. The van der Waals surface area contributed by atoms with Gasteiger partial charge in [-0.3, -0.25) is 10.1 Å². The first-order valence-corrected chi connectivity index (χ1v) is 4.33. The molecule has 0 aliphatic rings. The molecule has 0 aliphatic heterocycles. The maximum atomic E-state index is 10.5. The highest BCUT2D eigenvalue weighted by Crippen LogP contribution is 2.22. The highest BCUT2D eigenvalue weighted by molar-refractivity contribution is 5.52. The molecule has 0 aromatic heterocycles. The van der Waals surface area contributed by atoms with Crippen LogP contribution in [0.4, 0.5) is 5.69 Å². The molecule has 14 heavy (non-hydrogen) atoms. The summed E-state index contributed by atoms with van der Waals surface area (Å²) in [5.74, 6) is 0.0346. The first-order valence-electron chi connectivity index (χ1n) is 4.33. The zero-order valence-corrected chi connectivity index (χ0v) is 7.84. The van der Waals surface area contributed by atoms with Gasteiger partial charge in [-0.25, -0.2) is 0 Å². The largest absolute Gasteiger partial charge is 0.303 e. The van der Waals surface area contributed by atoms with Crippen LogP contribution in [-0.2, 0) is 4.79 Å². The molecule has 0 fully saturated rings. The zero-order valence-electron chi connectivity index (χ0n) is 7.84. The Morgan fingerprint density at radius 1 is 1.57 bits per heavy atom. The molecule has 4 heteroatoms. The molecule has 0 heterocycles. The second-order valence-electron chi connectivity index (χ2n) is 3.16. The van der Waals surface area contributed by atoms with Gasteiger partial charge in [0.1, 0.15) is 6.29 Å². The Morgan fingerprint density at radius 2 is 2.29 bits per heavy atom. The topological polar surface area (TPSA) is 60.2 Å². The van der Waals surface area contributed by atoms with E-state index in [1.54, 1.807) is 12.1 Å². The van der Waals surface area contributed by atoms with Crippen molar-refractivity contribution in [3.8, 4) is 0 Å². The van der Waals surface area contributed by atoms with E-state index in [0.717, 1.165) is 11.8 Å². The summed E-state index contributed by atoms with van der Waals surface area (Å²) in [7, 11) is 0. The third-order valence-corrected chi connectivity index (χ3v) is 2.10. The molecule has 0 saturated heterocycles. The van der Waals surface area contributed by atoms with Gasteiger partial charge in [-0.05, 0) is 11.5 Å². The molecule has 0 aliphatic carbocycles. The molecule has 1 rings (SSSR count). The predicted molar refractivity (Wildman–Crippen MR) is 52.2 cm³/mol. The van der Waals surface area contributed by atoms with Crippen molar-refractivity contribution in [2.45, 2.75) is 19.3 Å². The van der Waals surface area contributed by atoms with Crippen LogP contribution < -0.4 is 0 Å². The van der Waals surface area contributed by atoms with Crippen molar-refractivity contribution >= 4 is 12.0 Å². The van der Waals surface area contributed by atoms with Gasteiger partial charge in [-0.15, -0.1) is 0 Å². The maximum Gasteiger partial charge on any atom is 0.269 e. The predicted octanol–water partition coefficient (Wildman–Crippen LogP) is 2.29. The average Bonchev–Trinajstić information content (AvgIpc) is 2.18. The Balaban J connectivity index is 2.93. The number of nitro groups is 1. The molecule has 0 saturated carbocycles. The summed E-state index contributed by atoms with van der Waals surface area (Å²) in [4.78, 5) is 20.3. The normalized spacial score (nSPS) is 12.1. The lowest BCUT2D eigenvalue weighted by Gasteiger charge is -2.06. The zero-order chi connectivity index (χ0) is 10.6. The van der Waals surface area contributed by atoms with E-state index < -0.39 is 4.92 Å². The summed E-state index contributed by atoms with van der Waals surface area (Å²) < 4.78 is 0. The Kier molecular flexibility index (Phi) is 3.34. The lowest BCUT2D eigenvalue weighted by Crippen LogP contribution is -1.96. The molecule has 74 valence electrons. The number of non-ortho nitro benzene ring substituents is 1. The van der Waals surface area contributed by atoms with Crippen LogP contribution in [0.25, 0.3) is 0 Å². The third kappa shape index (κ3) is 2.39. The number of carbonyl (C=O) groups excluding carboxylic acids is 1. The second-order valence-corrected chi connectivity index (χ2v) is 3.16. The summed E-state index contributed by atoms with van der Waals surface area (Å²) >= 11 is 0. The van der Waals surface area contributed by atoms with Gasteiger partial charge in [0.2, 0.25) is 0 Å². The minimum absolute atomic E-state index is 0.0346. The number of nitro benzene ring substituents is 1. The number of hydrogen-bond donors (Lipinski definition) is 0. The van der Waals surface area contributed by atoms with E-state index in [9.17, 15) is 14.9 Å². The van der Waals surface area contributed by atoms with Gasteiger partial charge in [0, 0.05) is 18.6 Å². The molecular formula is C10H11NO3. The van der Waals surface area contributed by atoms with Crippen LogP contribution in [0.2, 0.25) is 0 Å². The molecule has 0 bridgehead atoms. The van der Waals surface area contributed by atoms with Crippen LogP contribution in [-0.4, -0.2) is 11.2 Å². The van der Waals surface area contributed by atoms with Crippen molar-refractivity contribution in [2.24, 2.45) is 0 Å². The van der Waals surface area contributed by atoms with Crippen LogP contribution in [0.1, 0.15) is 24.8 Å². The number of benzene rings is 1. The van der Waals surface area contributed by atoms with Crippen molar-refractivity contribution in [2.75, 3.05) is 0 Å². The van der Waals surface area contributed by atoms with Crippen molar-refractivity contribution in [3.63, 3.8) is 0 Å². The van der Waals surface area contributed by atoms with E-state index >= 15 is 0 Å². The van der Waals surface area contributed by atoms with Gasteiger partial charge in [-0.1, -0.05) is 19.1 Å². The highest BCUT2D eigenvalue weighted by Gasteiger charge is 2.09. The minimum atomic E-state index is -0.433. The van der Waals surface area contributed by atoms with Gasteiger partial charge in [-0.2, -0.15) is 0 Å². The van der Waals surface area contributed by atoms with Crippen LogP contribution in [0.5, 0.6) is 0 Å². The molecule has 0 N–H and O–H groups in total. The first-order chi connectivity index (χ1) is 6.65. The van der Waals surface area contributed by atoms with Crippen LogP contribution in [0.3, 0.4) is 0 Å². The molecule has 4 nitrogen and oxygen atoms in total. The van der Waals surface area contributed by atoms with Gasteiger partial charge >= 0.3 is 0 Å². The van der Waals surface area contributed by atoms with E-state index in [4.69, 9.17) is 0 Å². The fourth-order valence-corrected chi connectivity index (χ4v) is 1.23. The SMILES string of the molecule is C[C@H](CC=O)c1cccc([N+](=O)[O-])c1. The highest BCUT2D eigenvalue weighted by atomic mass is 16.6. The lowest BCUT2D eigenvalue weighted by molar-refractivity contribution is -0.384. The van der Waals surface area contributed by atoms with Gasteiger partial charge < -0.3 is 4.79 Å². The third-order valence-electron chi connectivity index (χ3n) is 2.10. The number of nitrogens with zero attached hydrogens (tertiary/aromatic N) is 1. The fourth-order valence-electron chi connectivity index (χ4n) is 1.23. The summed E-state index contributed by atoms with van der Waals surface area (Å²) in [5.41, 5.74) is 0.895. The number of rotatable bonds is 4. The van der Waals surface area contributed by atoms with Crippen LogP contribution >= 0.6 is 0 Å². The second kappa shape index (κ2) is 4.50. The van der Waals surface area contributed by atoms with Crippen molar-refractivity contribution in [3.05, 3.63) is 39.9 Å². The standard InChI is InChI=1S/C10H11NO3/c1-8(5-6-12)9-3-2-4-10(7-9)11(13)14/h2-4,6-8H,5H2,1H3/t8-/m1/s1. The summed E-state index contributed by atoms with van der Waals surface area (Å²) in [6.45, 7) is 1.87. The molecular weight excluding hydrogens is 182 g/mol. The molecule has 0 spiro atoms. The number of carbonyl (C=O) groups is 1. The molecule has 0 amide bonds. The Bertz CT molecular complexity index is 349. The van der Waals surface area contributed by atoms with E-state index in [1.807, 2.05) is 6.92 Å². The van der Waals surface area contributed by atoms with Crippen molar-refractivity contribution < 1.29 is 9.72 Å². The molecule has 0 unspecified atom stereocenters. The number of hydrogen-bond acceptors (Lipinski definition) is 3. The Hall–Kier alpha value is -1.71. The average molecular weight is 193 g/mol. The Labute approximate surface area is 81.7 Å². The minimum Gasteiger partial charge on any atom is -0.303 e. The van der Waals surface area contributed by atoms with Crippen LogP contribution in [0, 0.1) is 10.1 Å². The smallest absolute Gasteiger partial charge is 0.269 e. The van der Waals surface area contributed by atoms with E-state index in [2.05, 4.69) is 0 Å². The van der Waals surface area contributed by atoms with Crippen molar-refractivity contribution in [1.82, 2.24) is 0 Å². The van der Waals surface area contributed by atoms with Gasteiger partial charge in [0.25, 0.3) is 5.69 Å². The van der Waals surface area contributed by atoms with Crippen molar-refractivity contribution in [1.29, 1.82) is 0 Å². The maximum absolute atomic E-state index is 10.5. The number of aldehydes is 1. The quantitative estimate of drug-likeness (QED) is 0.418.